The number of anilines is 1. The molecule has 1 aromatic heterocycles. The van der Waals surface area contributed by atoms with Crippen LogP contribution < -0.4 is 29.6 Å². The molecular formula is C24H22N2O6S. The summed E-state index contributed by atoms with van der Waals surface area (Å²) in [6.07, 6.45) is 1.62. The maximum atomic E-state index is 13.1. The van der Waals surface area contributed by atoms with Gasteiger partial charge in [0.15, 0.2) is 23.0 Å². The van der Waals surface area contributed by atoms with Gasteiger partial charge in [-0.1, -0.05) is 6.07 Å². The predicted octanol–water partition coefficient (Wildman–Crippen LogP) is 3.95. The highest BCUT2D eigenvalue weighted by molar-refractivity contribution is 7.10. The van der Waals surface area contributed by atoms with Crippen molar-refractivity contribution in [1.82, 2.24) is 5.32 Å². The highest BCUT2D eigenvalue weighted by Gasteiger charge is 2.18. The lowest BCUT2D eigenvalue weighted by Gasteiger charge is -2.19. The van der Waals surface area contributed by atoms with Crippen LogP contribution in [0, 0.1) is 0 Å². The molecule has 3 aromatic rings. The van der Waals surface area contributed by atoms with Crippen molar-refractivity contribution >= 4 is 34.9 Å². The van der Waals surface area contributed by atoms with Crippen molar-refractivity contribution in [1.29, 1.82) is 0 Å². The average molecular weight is 467 g/mol. The molecule has 2 aromatic carbocycles. The van der Waals surface area contributed by atoms with E-state index in [1.165, 1.54) is 25.6 Å². The van der Waals surface area contributed by atoms with Crippen LogP contribution in [0.15, 0.2) is 59.6 Å². The molecule has 0 saturated carbocycles. The number of methoxy groups -OCH3 is 2. The summed E-state index contributed by atoms with van der Waals surface area (Å²) in [4.78, 5) is 26.8. The minimum atomic E-state index is -0.478. The van der Waals surface area contributed by atoms with Crippen molar-refractivity contribution in [3.8, 4) is 23.0 Å². The van der Waals surface area contributed by atoms with Gasteiger partial charge in [-0.3, -0.25) is 9.59 Å². The molecule has 1 aliphatic rings. The number of amides is 2. The van der Waals surface area contributed by atoms with E-state index in [9.17, 15) is 9.59 Å². The lowest BCUT2D eigenvalue weighted by Crippen LogP contribution is -2.30. The topological polar surface area (TPSA) is 95.1 Å². The van der Waals surface area contributed by atoms with E-state index in [4.69, 9.17) is 18.9 Å². The van der Waals surface area contributed by atoms with Gasteiger partial charge < -0.3 is 29.6 Å². The zero-order valence-electron chi connectivity index (χ0n) is 18.0. The Labute approximate surface area is 194 Å². The molecule has 2 amide bonds. The first-order valence-corrected chi connectivity index (χ1v) is 10.9. The highest BCUT2D eigenvalue weighted by atomic mass is 32.1. The van der Waals surface area contributed by atoms with Crippen LogP contribution in [0.5, 0.6) is 23.0 Å². The molecule has 0 aliphatic carbocycles. The molecule has 0 spiro atoms. The maximum absolute atomic E-state index is 13.1. The monoisotopic (exact) mass is 466 g/mol. The van der Waals surface area contributed by atoms with Crippen LogP contribution in [0.4, 0.5) is 5.69 Å². The van der Waals surface area contributed by atoms with Gasteiger partial charge in [0.1, 0.15) is 18.9 Å². The number of nitrogens with one attached hydrogen (secondary N) is 2. The third-order valence-electron chi connectivity index (χ3n) is 4.77. The lowest BCUT2D eigenvalue weighted by molar-refractivity contribution is -0.113. The van der Waals surface area contributed by atoms with Crippen molar-refractivity contribution in [3.05, 3.63) is 70.0 Å². The van der Waals surface area contributed by atoms with E-state index >= 15 is 0 Å². The Kier molecular flexibility index (Phi) is 6.80. The highest BCUT2D eigenvalue weighted by Crippen LogP contribution is 2.33. The third kappa shape index (κ3) is 5.27. The predicted molar refractivity (Wildman–Crippen MR) is 125 cm³/mol. The summed E-state index contributed by atoms with van der Waals surface area (Å²) in [5, 5.41) is 7.40. The van der Waals surface area contributed by atoms with E-state index in [1.807, 2.05) is 17.5 Å². The lowest BCUT2D eigenvalue weighted by atomic mass is 10.1. The molecule has 0 saturated heterocycles. The van der Waals surface area contributed by atoms with Crippen LogP contribution in [0.25, 0.3) is 6.08 Å². The van der Waals surface area contributed by atoms with Gasteiger partial charge >= 0.3 is 0 Å². The second-order valence-corrected chi connectivity index (χ2v) is 7.89. The molecule has 0 fully saturated rings. The Morgan fingerprint density at radius 3 is 2.48 bits per heavy atom. The van der Waals surface area contributed by atoms with Crippen LogP contribution in [0.3, 0.4) is 0 Å². The molecule has 4 rings (SSSR count). The summed E-state index contributed by atoms with van der Waals surface area (Å²) >= 11 is 1.45. The number of benzene rings is 2. The third-order valence-corrected chi connectivity index (χ3v) is 5.59. The zero-order chi connectivity index (χ0) is 23.2. The van der Waals surface area contributed by atoms with Crippen molar-refractivity contribution in [2.75, 3.05) is 32.8 Å². The summed E-state index contributed by atoms with van der Waals surface area (Å²) in [5.74, 6) is 1.15. The smallest absolute Gasteiger partial charge is 0.272 e. The largest absolute Gasteiger partial charge is 0.493 e. The van der Waals surface area contributed by atoms with E-state index in [0.717, 1.165) is 4.88 Å². The summed E-state index contributed by atoms with van der Waals surface area (Å²) in [5.41, 5.74) is 0.922. The normalized spacial score (nSPS) is 12.6. The molecule has 2 heterocycles. The van der Waals surface area contributed by atoms with Gasteiger partial charge in [0, 0.05) is 22.2 Å². The number of hydrogen-bond donors (Lipinski definition) is 2. The number of rotatable bonds is 7. The van der Waals surface area contributed by atoms with Crippen molar-refractivity contribution in [2.45, 2.75) is 0 Å². The molecular weight excluding hydrogens is 444 g/mol. The van der Waals surface area contributed by atoms with Crippen LogP contribution in [-0.4, -0.2) is 39.2 Å². The summed E-state index contributed by atoms with van der Waals surface area (Å²) < 4.78 is 21.6. The fourth-order valence-electron chi connectivity index (χ4n) is 3.17. The molecule has 0 unspecified atom stereocenters. The molecule has 33 heavy (non-hydrogen) atoms. The first kappa shape index (κ1) is 22.2. The molecule has 8 nitrogen and oxygen atoms in total. The van der Waals surface area contributed by atoms with Crippen LogP contribution in [0.2, 0.25) is 0 Å². The number of carbonyl (C=O) groups excluding carboxylic acids is 2. The van der Waals surface area contributed by atoms with Gasteiger partial charge in [-0.25, -0.2) is 0 Å². The van der Waals surface area contributed by atoms with Gasteiger partial charge in [-0.15, -0.1) is 11.3 Å². The second kappa shape index (κ2) is 10.1. The molecule has 170 valence electrons. The summed E-state index contributed by atoms with van der Waals surface area (Å²) in [6, 6.07) is 13.6. The number of ether oxygens (including phenoxy) is 4. The van der Waals surface area contributed by atoms with Crippen molar-refractivity contribution in [2.24, 2.45) is 0 Å². The average Bonchev–Trinajstić information content (AvgIpc) is 3.36. The standard InChI is InChI=1S/C24H22N2O6S/c1-29-19-7-5-15(12-21(19)30-2)23(27)26-18(14-17-4-3-11-33-17)24(28)25-16-6-8-20-22(13-16)32-10-9-31-20/h3-8,11-14H,9-10H2,1-2H3,(H,25,28)(H,26,27)/b18-14-. The van der Waals surface area contributed by atoms with E-state index in [2.05, 4.69) is 10.6 Å². The quantitative estimate of drug-likeness (QED) is 0.512. The molecule has 2 N–H and O–H groups in total. The Morgan fingerprint density at radius 1 is 0.970 bits per heavy atom. The molecule has 1 aliphatic heterocycles. The molecule has 9 heteroatoms. The van der Waals surface area contributed by atoms with E-state index < -0.39 is 11.8 Å². The molecule has 0 bridgehead atoms. The number of hydrogen-bond acceptors (Lipinski definition) is 7. The van der Waals surface area contributed by atoms with E-state index in [-0.39, 0.29) is 5.70 Å². The fraction of sp³-hybridized carbons (Fsp3) is 0.167. The molecule has 0 radical (unpaired) electrons. The zero-order valence-corrected chi connectivity index (χ0v) is 18.9. The van der Waals surface area contributed by atoms with Gasteiger partial charge in [-0.05, 0) is 47.9 Å². The van der Waals surface area contributed by atoms with E-state index in [0.29, 0.717) is 47.5 Å². The van der Waals surface area contributed by atoms with Gasteiger partial charge in [0.05, 0.1) is 14.2 Å². The minimum absolute atomic E-state index is 0.0899. The summed E-state index contributed by atoms with van der Waals surface area (Å²) in [7, 11) is 3.00. The fourth-order valence-corrected chi connectivity index (χ4v) is 3.82. The van der Waals surface area contributed by atoms with Gasteiger partial charge in [-0.2, -0.15) is 0 Å². The van der Waals surface area contributed by atoms with Crippen LogP contribution >= 0.6 is 11.3 Å². The van der Waals surface area contributed by atoms with Crippen molar-refractivity contribution in [3.63, 3.8) is 0 Å². The first-order chi connectivity index (χ1) is 16.1. The first-order valence-electron chi connectivity index (χ1n) is 10.1. The number of thiophene rings is 1. The number of fused-ring (bicyclic) bond motifs is 1. The second-order valence-electron chi connectivity index (χ2n) is 6.91. The van der Waals surface area contributed by atoms with Gasteiger partial charge in [0.2, 0.25) is 0 Å². The Balaban J connectivity index is 1.57. The maximum Gasteiger partial charge on any atom is 0.272 e. The summed E-state index contributed by atoms with van der Waals surface area (Å²) in [6.45, 7) is 0.921. The van der Waals surface area contributed by atoms with Gasteiger partial charge in [0.25, 0.3) is 11.8 Å². The Bertz CT molecular complexity index is 1190. The van der Waals surface area contributed by atoms with Crippen molar-refractivity contribution < 1.29 is 28.5 Å². The SMILES string of the molecule is COc1ccc(C(=O)N/C(=C\c2cccs2)C(=O)Nc2ccc3c(c2)OCCO3)cc1OC. The molecule has 0 atom stereocenters. The van der Waals surface area contributed by atoms with E-state index in [1.54, 1.807) is 42.5 Å². The van der Waals surface area contributed by atoms with Crippen LogP contribution in [0.1, 0.15) is 15.2 Å². The number of carbonyl (C=O) groups is 2. The van der Waals surface area contributed by atoms with Crippen LogP contribution in [-0.2, 0) is 4.79 Å². The minimum Gasteiger partial charge on any atom is -0.493 e. The Morgan fingerprint density at radius 2 is 1.76 bits per heavy atom. The Hall–Kier alpha value is -3.98.